The highest BCUT2D eigenvalue weighted by Gasteiger charge is 2.36. The third-order valence-electron chi connectivity index (χ3n) is 6.50. The number of hydrogen-bond donors (Lipinski definition) is 1. The maximum absolute atomic E-state index is 14.4. The molecule has 0 spiro atoms. The number of benzene rings is 2. The van der Waals surface area contributed by atoms with Gasteiger partial charge in [-0.2, -0.15) is 13.2 Å². The number of hydrogen-bond acceptors (Lipinski definition) is 3. The van der Waals surface area contributed by atoms with E-state index in [2.05, 4.69) is 0 Å². The van der Waals surface area contributed by atoms with Gasteiger partial charge in [-0.25, -0.2) is 4.39 Å². The number of carbonyl (C=O) groups is 1. The van der Waals surface area contributed by atoms with E-state index in [1.807, 2.05) is 0 Å². The lowest BCUT2D eigenvalue weighted by Crippen LogP contribution is -2.38. The van der Waals surface area contributed by atoms with Gasteiger partial charge in [0.15, 0.2) is 0 Å². The van der Waals surface area contributed by atoms with Crippen LogP contribution in [0.25, 0.3) is 10.9 Å². The number of piperidine rings is 1. The molecular formula is C25H27F4N3O2. The van der Waals surface area contributed by atoms with Gasteiger partial charge in [-0.1, -0.05) is 18.2 Å². The van der Waals surface area contributed by atoms with Gasteiger partial charge in [-0.3, -0.25) is 4.79 Å². The zero-order valence-electron chi connectivity index (χ0n) is 18.9. The Morgan fingerprint density at radius 3 is 2.56 bits per heavy atom. The van der Waals surface area contributed by atoms with Crippen LogP contribution < -0.4 is 5.73 Å². The summed E-state index contributed by atoms with van der Waals surface area (Å²) in [7, 11) is 1.51. The molecule has 2 N–H and O–H groups in total. The van der Waals surface area contributed by atoms with Gasteiger partial charge in [0.1, 0.15) is 5.82 Å². The topological polar surface area (TPSA) is 60.5 Å². The monoisotopic (exact) mass is 477 g/mol. The maximum atomic E-state index is 14.4. The average molecular weight is 478 g/mol. The van der Waals surface area contributed by atoms with Crippen LogP contribution in [-0.4, -0.2) is 42.2 Å². The third kappa shape index (κ3) is 4.67. The molecule has 0 aliphatic carbocycles. The first-order valence-electron chi connectivity index (χ1n) is 11.2. The van der Waals surface area contributed by atoms with Crippen molar-refractivity contribution in [1.29, 1.82) is 0 Å². The van der Waals surface area contributed by atoms with Crippen molar-refractivity contribution < 1.29 is 27.1 Å². The van der Waals surface area contributed by atoms with E-state index in [0.717, 1.165) is 11.6 Å². The molecule has 9 heteroatoms. The van der Waals surface area contributed by atoms with Crippen LogP contribution in [0.3, 0.4) is 0 Å². The molecular weight excluding hydrogens is 450 g/mol. The Morgan fingerprint density at radius 1 is 1.18 bits per heavy atom. The van der Waals surface area contributed by atoms with E-state index < -0.39 is 17.6 Å². The highest BCUT2D eigenvalue weighted by molar-refractivity contribution is 6.08. The van der Waals surface area contributed by atoms with Crippen LogP contribution in [0.2, 0.25) is 0 Å². The molecule has 0 atom stereocenters. The number of nitrogens with zero attached hydrogens (tertiary/aromatic N) is 2. The predicted octanol–water partition coefficient (Wildman–Crippen LogP) is 4.92. The average Bonchev–Trinajstić information content (AvgIpc) is 3.20. The molecule has 0 unspecified atom stereocenters. The zero-order valence-corrected chi connectivity index (χ0v) is 18.9. The van der Waals surface area contributed by atoms with Crippen LogP contribution in [0.1, 0.15) is 45.8 Å². The van der Waals surface area contributed by atoms with E-state index in [-0.39, 0.29) is 22.7 Å². The van der Waals surface area contributed by atoms with Gasteiger partial charge in [0.2, 0.25) is 0 Å². The van der Waals surface area contributed by atoms with Crippen molar-refractivity contribution in [2.75, 3.05) is 26.8 Å². The molecule has 1 aliphatic rings. The van der Waals surface area contributed by atoms with E-state index in [1.165, 1.54) is 25.4 Å². The highest BCUT2D eigenvalue weighted by Crippen LogP contribution is 2.38. The maximum Gasteiger partial charge on any atom is 0.417 e. The van der Waals surface area contributed by atoms with Crippen LogP contribution in [0.4, 0.5) is 17.6 Å². The summed E-state index contributed by atoms with van der Waals surface area (Å²) in [4.78, 5) is 15.0. The minimum Gasteiger partial charge on any atom is -0.383 e. The van der Waals surface area contributed by atoms with Gasteiger partial charge in [-0.15, -0.1) is 0 Å². The molecule has 2 aromatic carbocycles. The number of fused-ring (bicyclic) bond motifs is 1. The minimum absolute atomic E-state index is 0.0220. The molecule has 1 fully saturated rings. The highest BCUT2D eigenvalue weighted by atomic mass is 19.4. The molecule has 34 heavy (non-hydrogen) atoms. The Labute approximate surface area is 195 Å². The van der Waals surface area contributed by atoms with E-state index in [9.17, 15) is 22.4 Å². The summed E-state index contributed by atoms with van der Waals surface area (Å²) in [6.07, 6.45) is -2.07. The number of halogens is 4. The number of carbonyl (C=O) groups excluding carboxylic acids is 1. The summed E-state index contributed by atoms with van der Waals surface area (Å²) < 4.78 is 62.5. The van der Waals surface area contributed by atoms with Crippen LogP contribution in [0, 0.1) is 5.82 Å². The lowest BCUT2D eigenvalue weighted by molar-refractivity contribution is -0.136. The van der Waals surface area contributed by atoms with Crippen molar-refractivity contribution in [3.8, 4) is 0 Å². The number of amides is 1. The van der Waals surface area contributed by atoms with Crippen LogP contribution in [-0.2, 0) is 24.0 Å². The summed E-state index contributed by atoms with van der Waals surface area (Å²) >= 11 is 0. The number of aromatic nitrogens is 1. The number of likely N-dealkylation sites (tertiary alicyclic amines) is 1. The Bertz CT molecular complexity index is 1180. The Hall–Kier alpha value is -2.91. The molecule has 1 saturated heterocycles. The van der Waals surface area contributed by atoms with Crippen molar-refractivity contribution in [2.45, 2.75) is 38.0 Å². The predicted molar refractivity (Wildman–Crippen MR) is 121 cm³/mol. The quantitative estimate of drug-likeness (QED) is 0.513. The van der Waals surface area contributed by atoms with E-state index in [1.54, 1.807) is 27.7 Å². The smallest absolute Gasteiger partial charge is 0.383 e. The number of methoxy groups -OCH3 is 1. The van der Waals surface area contributed by atoms with E-state index in [4.69, 9.17) is 10.5 Å². The van der Waals surface area contributed by atoms with E-state index >= 15 is 0 Å². The molecule has 2 heterocycles. The third-order valence-corrected chi connectivity index (χ3v) is 6.50. The normalized spacial score (nSPS) is 15.3. The van der Waals surface area contributed by atoms with E-state index in [0.29, 0.717) is 56.7 Å². The van der Waals surface area contributed by atoms with Gasteiger partial charge in [-0.05, 0) is 48.1 Å². The summed E-state index contributed by atoms with van der Waals surface area (Å²) in [5.41, 5.74) is 6.61. The van der Waals surface area contributed by atoms with Crippen LogP contribution in [0.5, 0.6) is 0 Å². The minimum atomic E-state index is -4.60. The molecule has 182 valence electrons. The van der Waals surface area contributed by atoms with Crippen molar-refractivity contribution in [3.05, 3.63) is 70.7 Å². The lowest BCUT2D eigenvalue weighted by Gasteiger charge is -2.32. The molecule has 1 aromatic heterocycles. The fourth-order valence-corrected chi connectivity index (χ4v) is 4.72. The molecule has 0 bridgehead atoms. The zero-order chi connectivity index (χ0) is 24.5. The number of alkyl halides is 3. The van der Waals surface area contributed by atoms with Crippen molar-refractivity contribution in [1.82, 2.24) is 9.47 Å². The fraction of sp³-hybridized carbons (Fsp3) is 0.400. The Kier molecular flexibility index (Phi) is 6.95. The molecule has 4 rings (SSSR count). The first-order valence-corrected chi connectivity index (χ1v) is 11.2. The summed E-state index contributed by atoms with van der Waals surface area (Å²) in [5, 5.41) is -0.0973. The van der Waals surface area contributed by atoms with Gasteiger partial charge in [0, 0.05) is 50.4 Å². The summed E-state index contributed by atoms with van der Waals surface area (Å²) in [6.45, 7) is 1.58. The van der Waals surface area contributed by atoms with Gasteiger partial charge >= 0.3 is 6.18 Å². The Morgan fingerprint density at radius 2 is 1.91 bits per heavy atom. The number of nitrogens with two attached hydrogens (primary N) is 1. The summed E-state index contributed by atoms with van der Waals surface area (Å²) in [5.74, 6) is -0.838. The first-order chi connectivity index (χ1) is 16.2. The second kappa shape index (κ2) is 9.76. The molecule has 3 aromatic rings. The molecule has 5 nitrogen and oxygen atoms in total. The van der Waals surface area contributed by atoms with Crippen molar-refractivity contribution >= 4 is 16.8 Å². The van der Waals surface area contributed by atoms with Gasteiger partial charge in [0.05, 0.1) is 17.7 Å². The van der Waals surface area contributed by atoms with Crippen LogP contribution in [0.15, 0.2) is 42.6 Å². The SMILES string of the molecule is COCCn1cc(C(=O)N2CCC(c3cc(CN)ccc3F)CC2)c2c(C(F)(F)F)cccc21. The molecule has 1 amide bonds. The number of rotatable bonds is 6. The second-order valence-corrected chi connectivity index (χ2v) is 8.55. The molecule has 0 saturated carbocycles. The first kappa shape index (κ1) is 24.2. The standard InChI is InChI=1S/C25H27F4N3O2/c1-34-12-11-32-15-19(23-20(25(27,28)29)3-2-4-22(23)32)24(33)31-9-7-17(8-10-31)18-13-16(14-30)5-6-21(18)26/h2-6,13,15,17H,7-12,14,30H2,1H3. The van der Waals surface area contributed by atoms with Gasteiger partial charge < -0.3 is 19.9 Å². The Balaban J connectivity index is 1.62. The summed E-state index contributed by atoms with van der Waals surface area (Å²) in [6, 6.07) is 8.74. The number of ether oxygens (including phenoxy) is 1. The fourth-order valence-electron chi connectivity index (χ4n) is 4.72. The second-order valence-electron chi connectivity index (χ2n) is 8.55. The van der Waals surface area contributed by atoms with Gasteiger partial charge in [0.25, 0.3) is 5.91 Å². The van der Waals surface area contributed by atoms with Crippen LogP contribution >= 0.6 is 0 Å². The lowest BCUT2D eigenvalue weighted by atomic mass is 9.88. The molecule has 0 radical (unpaired) electrons. The largest absolute Gasteiger partial charge is 0.417 e. The molecule has 1 aliphatic heterocycles. The van der Waals surface area contributed by atoms with Crippen molar-refractivity contribution in [3.63, 3.8) is 0 Å². The van der Waals surface area contributed by atoms with Crippen molar-refractivity contribution in [2.24, 2.45) is 5.73 Å².